The fourth-order valence-corrected chi connectivity index (χ4v) is 3.50. The summed E-state index contributed by atoms with van der Waals surface area (Å²) in [6.07, 6.45) is 1.70. The molecule has 2 aromatic heterocycles. The molecule has 4 rings (SSSR count). The number of rotatable bonds is 6. The second-order valence-corrected chi connectivity index (χ2v) is 7.34. The van der Waals surface area contributed by atoms with Crippen molar-refractivity contribution in [2.75, 3.05) is 7.11 Å². The first-order chi connectivity index (χ1) is 13.6. The molecule has 0 saturated heterocycles. The zero-order valence-corrected chi connectivity index (χ0v) is 16.7. The minimum atomic E-state index is 0.488. The molecule has 0 saturated carbocycles. The van der Waals surface area contributed by atoms with Gasteiger partial charge in [0.2, 0.25) is 11.0 Å². The number of ether oxygens (including phenoxy) is 1. The number of nitrogens with zero attached hydrogens (tertiary/aromatic N) is 5. The highest BCUT2D eigenvalue weighted by atomic mass is 35.5. The van der Waals surface area contributed by atoms with Gasteiger partial charge in [0.25, 0.3) is 0 Å². The zero-order chi connectivity index (χ0) is 19.5. The van der Waals surface area contributed by atoms with Crippen LogP contribution in [0.3, 0.4) is 0 Å². The molecule has 2 heterocycles. The average Bonchev–Trinajstić information content (AvgIpc) is 3.36. The maximum Gasteiger partial charge on any atom is 0.214 e. The molecule has 0 bridgehead atoms. The fourth-order valence-electron chi connectivity index (χ4n) is 2.64. The van der Waals surface area contributed by atoms with Crippen molar-refractivity contribution in [3.05, 3.63) is 65.1 Å². The van der Waals surface area contributed by atoms with Gasteiger partial charge in [-0.25, -0.2) is 4.98 Å². The second-order valence-electron chi connectivity index (χ2n) is 5.96. The van der Waals surface area contributed by atoms with E-state index in [0.717, 1.165) is 16.8 Å². The molecule has 0 aliphatic carbocycles. The number of aryl methyl sites for hydroxylation is 1. The van der Waals surface area contributed by atoms with Crippen molar-refractivity contribution in [2.45, 2.75) is 17.8 Å². The summed E-state index contributed by atoms with van der Waals surface area (Å²) in [6.45, 7) is 2.01. The van der Waals surface area contributed by atoms with E-state index >= 15 is 0 Å². The van der Waals surface area contributed by atoms with E-state index in [0.29, 0.717) is 33.3 Å². The monoisotopic (exact) mass is 413 g/mol. The van der Waals surface area contributed by atoms with E-state index in [9.17, 15) is 0 Å². The normalized spacial score (nSPS) is 11.0. The number of hydrogen-bond donors (Lipinski definition) is 0. The van der Waals surface area contributed by atoms with Crippen molar-refractivity contribution in [3.8, 4) is 22.8 Å². The van der Waals surface area contributed by atoms with E-state index in [-0.39, 0.29) is 0 Å². The predicted octanol–water partition coefficient (Wildman–Crippen LogP) is 4.58. The summed E-state index contributed by atoms with van der Waals surface area (Å²) in [5.41, 5.74) is 2.79. The van der Waals surface area contributed by atoms with Gasteiger partial charge < -0.3 is 9.15 Å². The van der Waals surface area contributed by atoms with E-state index in [1.54, 1.807) is 18.0 Å². The summed E-state index contributed by atoms with van der Waals surface area (Å²) in [5, 5.41) is 13.3. The number of halogens is 1. The van der Waals surface area contributed by atoms with Crippen LogP contribution in [-0.4, -0.2) is 32.3 Å². The first kappa shape index (κ1) is 18.5. The van der Waals surface area contributed by atoms with Gasteiger partial charge >= 0.3 is 0 Å². The summed E-state index contributed by atoms with van der Waals surface area (Å²) >= 11 is 7.36. The number of methoxy groups -OCH3 is 1. The van der Waals surface area contributed by atoms with E-state index in [1.165, 1.54) is 11.8 Å². The molecule has 0 spiro atoms. The number of hydrogen-bond acceptors (Lipinski definition) is 7. The van der Waals surface area contributed by atoms with Gasteiger partial charge in [0.1, 0.15) is 11.4 Å². The van der Waals surface area contributed by atoms with Crippen LogP contribution in [0, 0.1) is 6.92 Å². The topological polar surface area (TPSA) is 78.9 Å². The Kier molecular flexibility index (Phi) is 5.31. The van der Waals surface area contributed by atoms with E-state index < -0.39 is 0 Å². The first-order valence-corrected chi connectivity index (χ1v) is 9.77. The summed E-state index contributed by atoms with van der Waals surface area (Å²) in [5.74, 6) is 2.45. The number of tetrazole rings is 1. The number of benzene rings is 2. The molecule has 0 fully saturated rings. The Labute approximate surface area is 170 Å². The third-order valence-corrected chi connectivity index (χ3v) is 5.17. The van der Waals surface area contributed by atoms with Crippen LogP contribution in [0.15, 0.2) is 58.2 Å². The van der Waals surface area contributed by atoms with Crippen LogP contribution < -0.4 is 4.74 Å². The molecule has 0 aliphatic heterocycles. The largest absolute Gasteiger partial charge is 0.494 e. The Balaban J connectivity index is 1.52. The number of thioether (sulfide) groups is 1. The summed E-state index contributed by atoms with van der Waals surface area (Å²) in [4.78, 5) is 4.34. The molecule has 4 aromatic rings. The van der Waals surface area contributed by atoms with Gasteiger partial charge in [0.15, 0.2) is 5.76 Å². The predicted molar refractivity (Wildman–Crippen MR) is 107 cm³/mol. The lowest BCUT2D eigenvalue weighted by atomic mass is 10.2. The van der Waals surface area contributed by atoms with Gasteiger partial charge in [-0.15, -0.1) is 5.10 Å². The Morgan fingerprint density at radius 3 is 2.79 bits per heavy atom. The van der Waals surface area contributed by atoms with Crippen LogP contribution in [0.25, 0.3) is 17.0 Å². The van der Waals surface area contributed by atoms with Crippen molar-refractivity contribution in [1.29, 1.82) is 0 Å². The van der Waals surface area contributed by atoms with Crippen LogP contribution in [0.5, 0.6) is 5.75 Å². The first-order valence-electron chi connectivity index (χ1n) is 8.41. The molecule has 0 N–H and O–H groups in total. The van der Waals surface area contributed by atoms with Gasteiger partial charge in [-0.1, -0.05) is 29.4 Å². The van der Waals surface area contributed by atoms with E-state index in [2.05, 4.69) is 20.5 Å². The molecule has 0 amide bonds. The Morgan fingerprint density at radius 1 is 1.18 bits per heavy atom. The molecule has 2 aromatic carbocycles. The highest BCUT2D eigenvalue weighted by molar-refractivity contribution is 7.98. The van der Waals surface area contributed by atoms with Gasteiger partial charge in [-0.2, -0.15) is 4.68 Å². The standard InChI is InChI=1S/C19H16ClN5O2S/c1-12-3-8-16(26-2)15(9-12)25-19(22-23-24-25)28-11-18-21-10-17(27-18)13-4-6-14(20)7-5-13/h3-10H,11H2,1-2H3. The number of oxazole rings is 1. The maximum atomic E-state index is 5.93. The highest BCUT2D eigenvalue weighted by Gasteiger charge is 2.15. The summed E-state index contributed by atoms with van der Waals surface area (Å²) < 4.78 is 12.9. The molecule has 0 atom stereocenters. The van der Waals surface area contributed by atoms with Gasteiger partial charge in [0.05, 0.1) is 19.1 Å². The SMILES string of the molecule is COc1ccc(C)cc1-n1nnnc1SCc1ncc(-c2ccc(Cl)cc2)o1. The summed E-state index contributed by atoms with van der Waals surface area (Å²) in [6, 6.07) is 13.3. The minimum absolute atomic E-state index is 0.488. The van der Waals surface area contributed by atoms with Crippen molar-refractivity contribution in [2.24, 2.45) is 0 Å². The van der Waals surface area contributed by atoms with Crippen LogP contribution in [0.2, 0.25) is 5.02 Å². The zero-order valence-electron chi connectivity index (χ0n) is 15.2. The fraction of sp³-hybridized carbons (Fsp3) is 0.158. The average molecular weight is 414 g/mol. The molecule has 28 heavy (non-hydrogen) atoms. The summed E-state index contributed by atoms with van der Waals surface area (Å²) in [7, 11) is 1.62. The lowest BCUT2D eigenvalue weighted by Gasteiger charge is -2.09. The minimum Gasteiger partial charge on any atom is -0.494 e. The van der Waals surface area contributed by atoms with Crippen LogP contribution in [-0.2, 0) is 5.75 Å². The molecule has 9 heteroatoms. The van der Waals surface area contributed by atoms with Gasteiger partial charge in [-0.05, 0) is 59.3 Å². The number of aromatic nitrogens is 5. The molecular weight excluding hydrogens is 398 g/mol. The Bertz CT molecular complexity index is 1090. The van der Waals surface area contributed by atoms with E-state index in [1.807, 2.05) is 49.4 Å². The lowest BCUT2D eigenvalue weighted by molar-refractivity contribution is 0.410. The quantitative estimate of drug-likeness (QED) is 0.428. The lowest BCUT2D eigenvalue weighted by Crippen LogP contribution is -2.02. The van der Waals surface area contributed by atoms with Crippen LogP contribution in [0.4, 0.5) is 0 Å². The molecule has 0 aliphatic rings. The Morgan fingerprint density at radius 2 is 2.00 bits per heavy atom. The second kappa shape index (κ2) is 8.04. The van der Waals surface area contributed by atoms with Crippen LogP contribution in [0.1, 0.15) is 11.5 Å². The third kappa shape index (κ3) is 3.88. The van der Waals surface area contributed by atoms with Crippen LogP contribution >= 0.6 is 23.4 Å². The van der Waals surface area contributed by atoms with Crippen molar-refractivity contribution in [1.82, 2.24) is 25.2 Å². The van der Waals surface area contributed by atoms with Crippen molar-refractivity contribution in [3.63, 3.8) is 0 Å². The van der Waals surface area contributed by atoms with Gasteiger partial charge in [-0.3, -0.25) is 0 Å². The van der Waals surface area contributed by atoms with Crippen molar-refractivity contribution >= 4 is 23.4 Å². The van der Waals surface area contributed by atoms with Crippen molar-refractivity contribution < 1.29 is 9.15 Å². The third-order valence-electron chi connectivity index (χ3n) is 4.01. The smallest absolute Gasteiger partial charge is 0.214 e. The molecule has 0 unspecified atom stereocenters. The highest BCUT2D eigenvalue weighted by Crippen LogP contribution is 2.29. The molecule has 7 nitrogen and oxygen atoms in total. The van der Waals surface area contributed by atoms with E-state index in [4.69, 9.17) is 20.8 Å². The molecule has 0 radical (unpaired) electrons. The maximum absolute atomic E-state index is 5.93. The Hall–Kier alpha value is -2.84. The molecular formula is C19H16ClN5O2S. The van der Waals surface area contributed by atoms with Gasteiger partial charge in [0, 0.05) is 10.6 Å². The molecule has 142 valence electrons.